The number of aryl methyl sites for hydroxylation is 2. The number of amides is 1. The fourth-order valence-corrected chi connectivity index (χ4v) is 5.29. The Morgan fingerprint density at radius 3 is 2.22 bits per heavy atom. The Morgan fingerprint density at radius 1 is 1.08 bits per heavy atom. The molecule has 0 spiro atoms. The van der Waals surface area contributed by atoms with Gasteiger partial charge in [-0.15, -0.1) is 0 Å². The summed E-state index contributed by atoms with van der Waals surface area (Å²) in [5.74, 6) is -0.0909. The first-order chi connectivity index (χ1) is 17.0. The minimum Gasteiger partial charge on any atom is -0.338 e. The number of halogens is 3. The first kappa shape index (κ1) is 26.0. The van der Waals surface area contributed by atoms with E-state index < -0.39 is 17.3 Å². The number of benzene rings is 1. The highest BCUT2D eigenvalue weighted by Gasteiger charge is 2.44. The molecule has 2 fully saturated rings. The Balaban J connectivity index is 1.37. The second-order valence-electron chi connectivity index (χ2n) is 9.82. The van der Waals surface area contributed by atoms with Crippen molar-refractivity contribution in [2.24, 2.45) is 0 Å². The predicted octanol–water partition coefficient (Wildman–Crippen LogP) is 3.82. The van der Waals surface area contributed by atoms with Crippen molar-refractivity contribution in [3.8, 4) is 6.07 Å². The van der Waals surface area contributed by atoms with Gasteiger partial charge in [0.25, 0.3) is 5.91 Å². The molecule has 192 valence electrons. The van der Waals surface area contributed by atoms with E-state index in [0.717, 1.165) is 17.7 Å². The van der Waals surface area contributed by atoms with E-state index >= 15 is 0 Å². The lowest BCUT2D eigenvalue weighted by atomic mass is 9.85. The van der Waals surface area contributed by atoms with Gasteiger partial charge in [0.05, 0.1) is 28.6 Å². The third-order valence-corrected chi connectivity index (χ3v) is 7.56. The van der Waals surface area contributed by atoms with Crippen molar-refractivity contribution in [3.63, 3.8) is 0 Å². The van der Waals surface area contributed by atoms with Crippen LogP contribution in [0.15, 0.2) is 30.6 Å². The van der Waals surface area contributed by atoms with Crippen molar-refractivity contribution in [1.29, 1.82) is 5.26 Å². The number of likely N-dealkylation sites (tertiary alicyclic amines) is 1. The summed E-state index contributed by atoms with van der Waals surface area (Å²) in [6, 6.07) is 8.01. The molecular formula is C26H31F3N6O. The zero-order valence-corrected chi connectivity index (χ0v) is 20.8. The number of carbonyl (C=O) groups is 1. The van der Waals surface area contributed by atoms with Crippen LogP contribution in [0.1, 0.15) is 52.6 Å². The van der Waals surface area contributed by atoms with E-state index in [9.17, 15) is 23.2 Å². The maximum atomic E-state index is 13.1. The first-order valence-corrected chi connectivity index (χ1v) is 12.2. The van der Waals surface area contributed by atoms with Gasteiger partial charge in [0.2, 0.25) is 0 Å². The predicted molar refractivity (Wildman–Crippen MR) is 128 cm³/mol. The van der Waals surface area contributed by atoms with E-state index in [-0.39, 0.29) is 11.9 Å². The summed E-state index contributed by atoms with van der Waals surface area (Å²) in [5, 5.41) is 10.2. The monoisotopic (exact) mass is 500 g/mol. The standard InChI is InChI=1S/C26H31F3N6O/c1-18-14-35(13-12-34(18)15-21-4-6-22(7-5-21)26(27,28)29)25(16-30)8-10-33(11-9-25)24(36)23-19(2)31-17-32-20(23)3/h4-7,17-18H,8-15H2,1-3H3. The van der Waals surface area contributed by atoms with Crippen LogP contribution in [-0.2, 0) is 12.7 Å². The van der Waals surface area contributed by atoms with Crippen LogP contribution < -0.4 is 0 Å². The van der Waals surface area contributed by atoms with Gasteiger partial charge in [0.15, 0.2) is 0 Å². The SMILES string of the molecule is Cc1ncnc(C)c1C(=O)N1CCC(C#N)(N2CCN(Cc3ccc(C(F)(F)F)cc3)C(C)C2)CC1. The molecule has 0 N–H and O–H groups in total. The topological polar surface area (TPSA) is 76.4 Å². The number of alkyl halides is 3. The lowest BCUT2D eigenvalue weighted by molar-refractivity contribution is -0.137. The number of hydrogen-bond donors (Lipinski definition) is 0. The minimum atomic E-state index is -4.34. The number of hydrogen-bond acceptors (Lipinski definition) is 6. The zero-order valence-electron chi connectivity index (χ0n) is 20.8. The Bertz CT molecular complexity index is 1120. The molecule has 0 bridgehead atoms. The minimum absolute atomic E-state index is 0.0909. The molecule has 7 nitrogen and oxygen atoms in total. The van der Waals surface area contributed by atoms with Gasteiger partial charge in [-0.1, -0.05) is 12.1 Å². The molecular weight excluding hydrogens is 469 g/mol. The third kappa shape index (κ3) is 5.22. The van der Waals surface area contributed by atoms with Crippen LogP contribution in [0, 0.1) is 25.2 Å². The number of piperazine rings is 1. The average molecular weight is 501 g/mol. The maximum Gasteiger partial charge on any atom is 0.416 e. The molecule has 2 saturated heterocycles. The van der Waals surface area contributed by atoms with Gasteiger partial charge in [0, 0.05) is 45.3 Å². The van der Waals surface area contributed by atoms with E-state index in [1.54, 1.807) is 18.7 Å². The maximum absolute atomic E-state index is 13.1. The van der Waals surface area contributed by atoms with Crippen LogP contribution in [0.4, 0.5) is 13.2 Å². The first-order valence-electron chi connectivity index (χ1n) is 12.2. The molecule has 36 heavy (non-hydrogen) atoms. The smallest absolute Gasteiger partial charge is 0.338 e. The lowest BCUT2D eigenvalue weighted by Gasteiger charge is -2.49. The summed E-state index contributed by atoms with van der Waals surface area (Å²) in [6.45, 7) is 9.32. The highest BCUT2D eigenvalue weighted by atomic mass is 19.4. The molecule has 2 aromatic rings. The number of rotatable bonds is 4. The van der Waals surface area contributed by atoms with E-state index in [1.807, 2.05) is 0 Å². The van der Waals surface area contributed by atoms with Gasteiger partial charge in [-0.2, -0.15) is 18.4 Å². The molecule has 1 aromatic carbocycles. The molecule has 1 unspecified atom stereocenters. The van der Waals surface area contributed by atoms with E-state index in [1.165, 1.54) is 18.5 Å². The number of nitriles is 1. The van der Waals surface area contributed by atoms with Crippen molar-refractivity contribution in [1.82, 2.24) is 24.7 Å². The second kappa shape index (κ2) is 10.1. The van der Waals surface area contributed by atoms with E-state index in [0.29, 0.717) is 69.1 Å². The molecule has 3 heterocycles. The summed E-state index contributed by atoms with van der Waals surface area (Å²) in [7, 11) is 0. The van der Waals surface area contributed by atoms with Crippen LogP contribution in [0.3, 0.4) is 0 Å². The summed E-state index contributed by atoms with van der Waals surface area (Å²) >= 11 is 0. The summed E-state index contributed by atoms with van der Waals surface area (Å²) in [5.41, 5.74) is 1.40. The summed E-state index contributed by atoms with van der Waals surface area (Å²) in [4.78, 5) is 27.7. The molecule has 1 atom stereocenters. The molecule has 4 rings (SSSR count). The van der Waals surface area contributed by atoms with Crippen molar-refractivity contribution in [3.05, 3.63) is 58.7 Å². The quantitative estimate of drug-likeness (QED) is 0.636. The van der Waals surface area contributed by atoms with Crippen molar-refractivity contribution in [2.75, 3.05) is 32.7 Å². The summed E-state index contributed by atoms with van der Waals surface area (Å²) in [6.07, 6.45) is -1.76. The van der Waals surface area contributed by atoms with Crippen molar-refractivity contribution < 1.29 is 18.0 Å². The van der Waals surface area contributed by atoms with Gasteiger partial charge >= 0.3 is 6.18 Å². The molecule has 0 saturated carbocycles. The van der Waals surface area contributed by atoms with Crippen molar-refractivity contribution in [2.45, 2.75) is 57.9 Å². The second-order valence-corrected chi connectivity index (χ2v) is 9.82. The average Bonchev–Trinajstić information content (AvgIpc) is 2.85. The van der Waals surface area contributed by atoms with Crippen LogP contribution in [0.2, 0.25) is 0 Å². The van der Waals surface area contributed by atoms with Gasteiger partial charge < -0.3 is 4.90 Å². The number of carbonyl (C=O) groups excluding carboxylic acids is 1. The van der Waals surface area contributed by atoms with Gasteiger partial charge in [0.1, 0.15) is 11.9 Å². The molecule has 1 aromatic heterocycles. The Kier molecular flexibility index (Phi) is 7.34. The van der Waals surface area contributed by atoms with Gasteiger partial charge in [-0.05, 0) is 51.3 Å². The van der Waals surface area contributed by atoms with Crippen LogP contribution in [0.5, 0.6) is 0 Å². The molecule has 2 aliphatic rings. The van der Waals surface area contributed by atoms with Gasteiger partial charge in [-0.25, -0.2) is 9.97 Å². The van der Waals surface area contributed by atoms with E-state index in [2.05, 4.69) is 32.8 Å². The largest absolute Gasteiger partial charge is 0.416 e. The van der Waals surface area contributed by atoms with Crippen LogP contribution in [0.25, 0.3) is 0 Å². The number of piperidine rings is 1. The highest BCUT2D eigenvalue weighted by Crippen LogP contribution is 2.33. The fraction of sp³-hybridized carbons (Fsp3) is 0.538. The number of aromatic nitrogens is 2. The Morgan fingerprint density at radius 2 is 1.69 bits per heavy atom. The third-order valence-electron chi connectivity index (χ3n) is 7.56. The van der Waals surface area contributed by atoms with E-state index in [4.69, 9.17) is 0 Å². The highest BCUT2D eigenvalue weighted by molar-refractivity contribution is 5.96. The zero-order chi connectivity index (χ0) is 26.1. The van der Waals surface area contributed by atoms with Gasteiger partial charge in [-0.3, -0.25) is 14.6 Å². The Labute approximate surface area is 209 Å². The van der Waals surface area contributed by atoms with Crippen LogP contribution in [-0.4, -0.2) is 74.9 Å². The summed E-state index contributed by atoms with van der Waals surface area (Å²) < 4.78 is 38.6. The number of nitrogens with zero attached hydrogens (tertiary/aromatic N) is 6. The van der Waals surface area contributed by atoms with Crippen molar-refractivity contribution >= 4 is 5.91 Å². The fourth-order valence-electron chi connectivity index (χ4n) is 5.29. The lowest BCUT2D eigenvalue weighted by Crippen LogP contribution is -2.62. The molecule has 0 aliphatic carbocycles. The molecule has 10 heteroatoms. The van der Waals surface area contributed by atoms with Crippen LogP contribution >= 0.6 is 0 Å². The Hall–Kier alpha value is -3.03. The molecule has 1 amide bonds. The normalized spacial score (nSPS) is 21.2. The molecule has 0 radical (unpaired) electrons. The molecule has 2 aliphatic heterocycles.